The molecule has 2 aromatic heterocycles. The Morgan fingerprint density at radius 1 is 1.42 bits per heavy atom. The summed E-state index contributed by atoms with van der Waals surface area (Å²) in [7, 11) is 0. The van der Waals surface area contributed by atoms with E-state index in [0.29, 0.717) is 10.9 Å². The maximum atomic E-state index is 11.2. The average molecular weight is 161 g/mol. The highest BCUT2D eigenvalue weighted by Crippen LogP contribution is 2.04. The van der Waals surface area contributed by atoms with Gasteiger partial charge in [0.1, 0.15) is 0 Å². The summed E-state index contributed by atoms with van der Waals surface area (Å²) in [6, 6.07) is 1.78. The third-order valence-corrected chi connectivity index (χ3v) is 1.66. The van der Waals surface area contributed by atoms with Gasteiger partial charge in [-0.15, -0.1) is 0 Å². The monoisotopic (exact) mass is 161 g/mol. The lowest BCUT2D eigenvalue weighted by Gasteiger charge is -1.94. The predicted octanol–water partition coefficient (Wildman–Crippen LogP) is 0.627. The normalized spacial score (nSPS) is 10.4. The second-order valence-corrected chi connectivity index (χ2v) is 2.57. The van der Waals surface area contributed by atoms with E-state index in [0.717, 1.165) is 5.69 Å². The summed E-state index contributed by atoms with van der Waals surface area (Å²) in [5.74, 6) is 0. The number of H-pyrrole nitrogens is 1. The first-order valence-electron chi connectivity index (χ1n) is 3.57. The molecule has 0 atom stereocenters. The molecule has 2 aromatic rings. The van der Waals surface area contributed by atoms with Crippen LogP contribution in [0.2, 0.25) is 0 Å². The van der Waals surface area contributed by atoms with Crippen LogP contribution in [-0.2, 0) is 0 Å². The average Bonchev–Trinajstić information content (AvgIpc) is 2.04. The van der Waals surface area contributed by atoms with Crippen LogP contribution in [0.25, 0.3) is 10.9 Å². The van der Waals surface area contributed by atoms with E-state index in [9.17, 15) is 4.79 Å². The molecule has 0 radical (unpaired) electrons. The van der Waals surface area contributed by atoms with E-state index in [4.69, 9.17) is 0 Å². The molecular weight excluding hydrogens is 154 g/mol. The Balaban J connectivity index is 2.96. The molecule has 0 amide bonds. The van der Waals surface area contributed by atoms with Gasteiger partial charge in [-0.1, -0.05) is 0 Å². The lowest BCUT2D eigenvalue weighted by atomic mass is 10.3. The van der Waals surface area contributed by atoms with Gasteiger partial charge in [-0.05, 0) is 13.0 Å². The predicted molar refractivity (Wildman–Crippen MR) is 44.9 cm³/mol. The molecule has 4 heteroatoms. The minimum atomic E-state index is -0.146. The third kappa shape index (κ3) is 0.972. The second-order valence-electron chi connectivity index (χ2n) is 2.57. The SMILES string of the molecule is Cc1cc2nc[nH]c(=O)c2cn1. The van der Waals surface area contributed by atoms with Crippen LogP contribution in [0.15, 0.2) is 23.4 Å². The summed E-state index contributed by atoms with van der Waals surface area (Å²) in [5.41, 5.74) is 1.40. The Labute approximate surface area is 68.3 Å². The van der Waals surface area contributed by atoms with Crippen molar-refractivity contribution in [3.63, 3.8) is 0 Å². The Hall–Kier alpha value is -1.71. The van der Waals surface area contributed by atoms with Gasteiger partial charge >= 0.3 is 0 Å². The number of aryl methyl sites for hydroxylation is 1. The molecule has 0 bridgehead atoms. The molecule has 2 heterocycles. The van der Waals surface area contributed by atoms with Crippen LogP contribution in [0.1, 0.15) is 5.69 Å². The minimum absolute atomic E-state index is 0.146. The zero-order valence-electron chi connectivity index (χ0n) is 6.53. The van der Waals surface area contributed by atoms with Crippen molar-refractivity contribution in [2.45, 2.75) is 6.92 Å². The zero-order valence-corrected chi connectivity index (χ0v) is 6.53. The number of aromatic amines is 1. The van der Waals surface area contributed by atoms with Crippen molar-refractivity contribution < 1.29 is 0 Å². The van der Waals surface area contributed by atoms with Crippen LogP contribution < -0.4 is 5.56 Å². The van der Waals surface area contributed by atoms with Crippen molar-refractivity contribution in [2.24, 2.45) is 0 Å². The number of nitrogens with one attached hydrogen (secondary N) is 1. The van der Waals surface area contributed by atoms with Crippen LogP contribution in [0, 0.1) is 6.92 Å². The molecule has 0 spiro atoms. The molecule has 0 saturated carbocycles. The van der Waals surface area contributed by atoms with Crippen LogP contribution in [0.4, 0.5) is 0 Å². The van der Waals surface area contributed by atoms with Crippen molar-refractivity contribution in [2.75, 3.05) is 0 Å². The maximum absolute atomic E-state index is 11.2. The number of fused-ring (bicyclic) bond motifs is 1. The van der Waals surface area contributed by atoms with Crippen LogP contribution >= 0.6 is 0 Å². The molecule has 4 nitrogen and oxygen atoms in total. The van der Waals surface area contributed by atoms with Gasteiger partial charge in [-0.3, -0.25) is 9.78 Å². The first kappa shape index (κ1) is 6.97. The van der Waals surface area contributed by atoms with Gasteiger partial charge in [0.15, 0.2) is 0 Å². The fraction of sp³-hybridized carbons (Fsp3) is 0.125. The molecule has 60 valence electrons. The Kier molecular flexibility index (Phi) is 1.40. The highest BCUT2D eigenvalue weighted by atomic mass is 16.1. The quantitative estimate of drug-likeness (QED) is 0.616. The number of hydrogen-bond donors (Lipinski definition) is 1. The van der Waals surface area contributed by atoms with E-state index in [2.05, 4.69) is 15.0 Å². The third-order valence-electron chi connectivity index (χ3n) is 1.66. The van der Waals surface area contributed by atoms with Crippen molar-refractivity contribution in [1.82, 2.24) is 15.0 Å². The summed E-state index contributed by atoms with van der Waals surface area (Å²) < 4.78 is 0. The summed E-state index contributed by atoms with van der Waals surface area (Å²) >= 11 is 0. The largest absolute Gasteiger partial charge is 0.313 e. The van der Waals surface area contributed by atoms with Gasteiger partial charge in [0.2, 0.25) is 0 Å². The van der Waals surface area contributed by atoms with Crippen molar-refractivity contribution in [3.05, 3.63) is 34.6 Å². The molecule has 0 unspecified atom stereocenters. The molecule has 12 heavy (non-hydrogen) atoms. The molecule has 0 aromatic carbocycles. The van der Waals surface area contributed by atoms with Crippen molar-refractivity contribution in [3.8, 4) is 0 Å². The molecular formula is C8H7N3O. The Morgan fingerprint density at radius 2 is 2.25 bits per heavy atom. The smallest absolute Gasteiger partial charge is 0.260 e. The summed E-state index contributed by atoms with van der Waals surface area (Å²) in [4.78, 5) is 21.7. The van der Waals surface area contributed by atoms with Gasteiger partial charge in [0.25, 0.3) is 5.56 Å². The fourth-order valence-electron chi connectivity index (χ4n) is 1.07. The van der Waals surface area contributed by atoms with Crippen LogP contribution in [0.3, 0.4) is 0 Å². The summed E-state index contributed by atoms with van der Waals surface area (Å²) in [6.45, 7) is 1.86. The minimum Gasteiger partial charge on any atom is -0.313 e. The molecule has 1 N–H and O–H groups in total. The highest BCUT2D eigenvalue weighted by Gasteiger charge is 1.98. The topological polar surface area (TPSA) is 58.6 Å². The van der Waals surface area contributed by atoms with Gasteiger partial charge < -0.3 is 4.98 Å². The second kappa shape index (κ2) is 2.41. The molecule has 0 aliphatic carbocycles. The molecule has 0 aliphatic rings. The number of rotatable bonds is 0. The standard InChI is InChI=1S/C8H7N3O/c1-5-2-7-6(3-9-5)8(12)11-4-10-7/h2-4H,1H3,(H,10,11,12). The molecule has 0 saturated heterocycles. The first-order valence-corrected chi connectivity index (χ1v) is 3.57. The Bertz CT molecular complexity index is 475. The number of pyridine rings is 1. The summed E-state index contributed by atoms with van der Waals surface area (Å²) in [5, 5.41) is 0.531. The van der Waals surface area contributed by atoms with Crippen LogP contribution in [0.5, 0.6) is 0 Å². The van der Waals surface area contributed by atoms with Crippen molar-refractivity contribution >= 4 is 10.9 Å². The van der Waals surface area contributed by atoms with E-state index in [1.165, 1.54) is 12.5 Å². The van der Waals surface area contributed by atoms with Gasteiger partial charge in [0.05, 0.1) is 17.2 Å². The van der Waals surface area contributed by atoms with Gasteiger partial charge in [0, 0.05) is 11.9 Å². The number of hydrogen-bond acceptors (Lipinski definition) is 3. The summed E-state index contributed by atoms with van der Waals surface area (Å²) in [6.07, 6.45) is 2.93. The van der Waals surface area contributed by atoms with Gasteiger partial charge in [-0.25, -0.2) is 4.98 Å². The van der Waals surface area contributed by atoms with E-state index in [1.807, 2.05) is 6.92 Å². The van der Waals surface area contributed by atoms with Gasteiger partial charge in [-0.2, -0.15) is 0 Å². The van der Waals surface area contributed by atoms with E-state index in [-0.39, 0.29) is 5.56 Å². The number of aromatic nitrogens is 3. The first-order chi connectivity index (χ1) is 5.77. The fourth-order valence-corrected chi connectivity index (χ4v) is 1.07. The molecule has 0 fully saturated rings. The molecule has 0 aliphatic heterocycles. The molecule has 2 rings (SSSR count). The lowest BCUT2D eigenvalue weighted by molar-refractivity contribution is 1.14. The highest BCUT2D eigenvalue weighted by molar-refractivity contribution is 5.76. The van der Waals surface area contributed by atoms with E-state index < -0.39 is 0 Å². The van der Waals surface area contributed by atoms with E-state index in [1.54, 1.807) is 6.07 Å². The zero-order chi connectivity index (χ0) is 8.55. The van der Waals surface area contributed by atoms with Crippen molar-refractivity contribution in [1.29, 1.82) is 0 Å². The number of nitrogens with zero attached hydrogens (tertiary/aromatic N) is 2. The Morgan fingerprint density at radius 3 is 3.08 bits per heavy atom. The van der Waals surface area contributed by atoms with Crippen LogP contribution in [-0.4, -0.2) is 15.0 Å². The lowest BCUT2D eigenvalue weighted by Crippen LogP contribution is -2.06. The van der Waals surface area contributed by atoms with E-state index >= 15 is 0 Å². The maximum Gasteiger partial charge on any atom is 0.260 e.